The Bertz CT molecular complexity index is 541. The summed E-state index contributed by atoms with van der Waals surface area (Å²) >= 11 is 0. The normalized spacial score (nSPS) is 17.0. The number of hydrogen-bond acceptors (Lipinski definition) is 6. The van der Waals surface area contributed by atoms with Gasteiger partial charge in [0.1, 0.15) is 6.10 Å². The lowest BCUT2D eigenvalue weighted by Gasteiger charge is -2.21. The van der Waals surface area contributed by atoms with Crippen molar-refractivity contribution in [2.24, 2.45) is 0 Å². The number of ether oxygens (including phenoxy) is 2. The number of nitrogens with zero attached hydrogens (tertiary/aromatic N) is 1. The van der Waals surface area contributed by atoms with Gasteiger partial charge >= 0.3 is 13.6 Å². The number of carbonyl (C=O) groups excluding carboxylic acids is 1. The van der Waals surface area contributed by atoms with Crippen LogP contribution >= 0.6 is 7.60 Å². The van der Waals surface area contributed by atoms with E-state index in [2.05, 4.69) is 11.8 Å². The third kappa shape index (κ3) is 18.8. The number of hydrogen-bond donors (Lipinski definition) is 1. The van der Waals surface area contributed by atoms with Crippen LogP contribution in [-0.4, -0.2) is 67.5 Å². The Morgan fingerprint density at radius 3 is 1.94 bits per heavy atom. The van der Waals surface area contributed by atoms with Gasteiger partial charge in [0.2, 0.25) is 0 Å². The minimum absolute atomic E-state index is 0.0968. The quantitative estimate of drug-likeness (QED) is 0.0987. The molecule has 0 bridgehead atoms. The van der Waals surface area contributed by atoms with Crippen LogP contribution in [-0.2, 0) is 23.4 Å². The van der Waals surface area contributed by atoms with E-state index in [1.165, 1.54) is 77.6 Å². The maximum absolute atomic E-state index is 12.3. The Balaban J connectivity index is 2.02. The van der Waals surface area contributed by atoms with E-state index >= 15 is 0 Å². The van der Waals surface area contributed by atoms with Crippen LogP contribution in [0.25, 0.3) is 0 Å². The molecule has 1 aliphatic rings. The first-order valence-electron chi connectivity index (χ1n) is 13.9. The molecular weight excluding hydrogens is 453 g/mol. The van der Waals surface area contributed by atoms with E-state index < -0.39 is 19.7 Å². The molecule has 2 atom stereocenters. The molecule has 1 rings (SSSR count). The summed E-state index contributed by atoms with van der Waals surface area (Å²) in [4.78, 5) is 23.6. The Labute approximate surface area is 208 Å². The van der Waals surface area contributed by atoms with Crippen LogP contribution in [0, 0.1) is 0 Å². The SMILES string of the molecule is CCCCCCCCCCCCCCCOCC(COP(=O)(O)CCN1CCCC1)OC(C)=O. The van der Waals surface area contributed by atoms with Crippen LogP contribution in [0.5, 0.6) is 0 Å². The third-order valence-electron chi connectivity index (χ3n) is 6.39. The van der Waals surface area contributed by atoms with E-state index in [4.69, 9.17) is 14.0 Å². The van der Waals surface area contributed by atoms with E-state index in [1.807, 2.05) is 0 Å². The average molecular weight is 506 g/mol. The lowest BCUT2D eigenvalue weighted by atomic mass is 10.0. The van der Waals surface area contributed by atoms with Crippen molar-refractivity contribution in [3.8, 4) is 0 Å². The second-order valence-corrected chi connectivity index (χ2v) is 11.7. The van der Waals surface area contributed by atoms with Gasteiger partial charge in [0.25, 0.3) is 0 Å². The molecule has 1 saturated heterocycles. The van der Waals surface area contributed by atoms with Crippen molar-refractivity contribution < 1.29 is 28.3 Å². The molecule has 1 N–H and O–H groups in total. The van der Waals surface area contributed by atoms with Crippen molar-refractivity contribution in [2.75, 3.05) is 45.6 Å². The summed E-state index contributed by atoms with van der Waals surface area (Å²) in [6, 6.07) is 0. The molecule has 0 aromatic rings. The predicted octanol–water partition coefficient (Wildman–Crippen LogP) is 6.32. The summed E-state index contributed by atoms with van der Waals surface area (Å²) in [6.45, 7) is 6.76. The molecule has 1 heterocycles. The average Bonchev–Trinajstić information content (AvgIpc) is 3.32. The van der Waals surface area contributed by atoms with Gasteiger partial charge in [-0.25, -0.2) is 0 Å². The van der Waals surface area contributed by atoms with Gasteiger partial charge < -0.3 is 23.8 Å². The van der Waals surface area contributed by atoms with Gasteiger partial charge in [0, 0.05) is 20.1 Å². The van der Waals surface area contributed by atoms with Gasteiger partial charge in [-0.15, -0.1) is 0 Å². The summed E-state index contributed by atoms with van der Waals surface area (Å²) in [5, 5.41) is 0. The highest BCUT2D eigenvalue weighted by molar-refractivity contribution is 7.52. The highest BCUT2D eigenvalue weighted by Crippen LogP contribution is 2.41. The molecule has 0 aliphatic carbocycles. The van der Waals surface area contributed by atoms with Crippen molar-refractivity contribution in [1.82, 2.24) is 4.90 Å². The molecular formula is C26H52NO6P. The maximum Gasteiger partial charge on any atom is 0.329 e. The monoisotopic (exact) mass is 505 g/mol. The molecule has 2 unspecified atom stereocenters. The Kier molecular flexibility index (Phi) is 19.2. The number of likely N-dealkylation sites (tertiary alicyclic amines) is 1. The second-order valence-electron chi connectivity index (χ2n) is 9.75. The number of rotatable bonds is 23. The van der Waals surface area contributed by atoms with E-state index in [0.717, 1.165) is 38.8 Å². The van der Waals surface area contributed by atoms with Crippen molar-refractivity contribution in [3.05, 3.63) is 0 Å². The smallest absolute Gasteiger partial charge is 0.329 e. The first kappa shape index (κ1) is 31.6. The van der Waals surface area contributed by atoms with E-state index in [0.29, 0.717) is 13.2 Å². The van der Waals surface area contributed by atoms with Crippen LogP contribution in [0.15, 0.2) is 0 Å². The lowest BCUT2D eigenvalue weighted by Crippen LogP contribution is -2.28. The van der Waals surface area contributed by atoms with Crippen molar-refractivity contribution in [2.45, 2.75) is 116 Å². The molecule has 1 aliphatic heterocycles. The van der Waals surface area contributed by atoms with E-state index in [-0.39, 0.29) is 19.4 Å². The number of esters is 1. The van der Waals surface area contributed by atoms with Crippen LogP contribution in [0.2, 0.25) is 0 Å². The minimum Gasteiger partial charge on any atom is -0.458 e. The minimum atomic E-state index is -3.71. The van der Waals surface area contributed by atoms with Gasteiger partial charge in [-0.3, -0.25) is 9.36 Å². The third-order valence-corrected chi connectivity index (χ3v) is 7.71. The fourth-order valence-electron chi connectivity index (χ4n) is 4.33. The molecule has 34 heavy (non-hydrogen) atoms. The fourth-order valence-corrected chi connectivity index (χ4v) is 5.39. The van der Waals surface area contributed by atoms with Gasteiger partial charge in [-0.05, 0) is 32.4 Å². The number of carbonyl (C=O) groups is 1. The van der Waals surface area contributed by atoms with Crippen LogP contribution in [0.4, 0.5) is 0 Å². The summed E-state index contributed by atoms with van der Waals surface area (Å²) in [6.07, 6.45) is 18.6. The topological polar surface area (TPSA) is 85.3 Å². The Morgan fingerprint density at radius 1 is 0.882 bits per heavy atom. The van der Waals surface area contributed by atoms with Crippen molar-refractivity contribution in [3.63, 3.8) is 0 Å². The predicted molar refractivity (Wildman–Crippen MR) is 138 cm³/mol. The largest absolute Gasteiger partial charge is 0.458 e. The Hall–Kier alpha value is -0.460. The van der Waals surface area contributed by atoms with Gasteiger partial charge in [0.05, 0.1) is 19.4 Å². The second kappa shape index (κ2) is 20.7. The van der Waals surface area contributed by atoms with Crippen molar-refractivity contribution in [1.29, 1.82) is 0 Å². The summed E-state index contributed by atoms with van der Waals surface area (Å²) in [7, 11) is -3.71. The van der Waals surface area contributed by atoms with Gasteiger partial charge in [0.15, 0.2) is 0 Å². The standard InChI is InChI=1S/C26H52NO6P/c1-3-4-5-6-7-8-9-10-11-12-13-14-17-21-31-23-26(33-25(2)28)24-32-34(29,30)22-20-27-18-15-16-19-27/h26H,3-24H2,1-2H3,(H,29,30). The van der Waals surface area contributed by atoms with Crippen LogP contribution in [0.3, 0.4) is 0 Å². The van der Waals surface area contributed by atoms with E-state index in [9.17, 15) is 14.3 Å². The van der Waals surface area contributed by atoms with Gasteiger partial charge in [-0.2, -0.15) is 0 Å². The Morgan fingerprint density at radius 2 is 1.41 bits per heavy atom. The highest BCUT2D eigenvalue weighted by Gasteiger charge is 2.25. The molecule has 0 spiro atoms. The van der Waals surface area contributed by atoms with Gasteiger partial charge in [-0.1, -0.05) is 84.0 Å². The molecule has 1 fully saturated rings. The zero-order valence-corrected chi connectivity index (χ0v) is 22.9. The molecule has 0 aromatic carbocycles. The van der Waals surface area contributed by atoms with Crippen LogP contribution in [0.1, 0.15) is 110 Å². The van der Waals surface area contributed by atoms with E-state index in [1.54, 1.807) is 0 Å². The molecule has 8 heteroatoms. The first-order valence-corrected chi connectivity index (χ1v) is 15.6. The lowest BCUT2D eigenvalue weighted by molar-refractivity contribution is -0.151. The first-order chi connectivity index (χ1) is 16.4. The highest BCUT2D eigenvalue weighted by atomic mass is 31.2. The summed E-state index contributed by atoms with van der Waals surface area (Å²) in [5.74, 6) is -0.442. The summed E-state index contributed by atoms with van der Waals surface area (Å²) < 4.78 is 28.4. The molecule has 0 radical (unpaired) electrons. The molecule has 0 saturated carbocycles. The summed E-state index contributed by atoms with van der Waals surface area (Å²) in [5.41, 5.74) is 0. The zero-order valence-electron chi connectivity index (χ0n) is 22.0. The molecule has 0 amide bonds. The maximum atomic E-state index is 12.3. The number of unbranched alkanes of at least 4 members (excludes halogenated alkanes) is 12. The molecule has 0 aromatic heterocycles. The molecule has 202 valence electrons. The van der Waals surface area contributed by atoms with Crippen molar-refractivity contribution >= 4 is 13.6 Å². The zero-order chi connectivity index (χ0) is 24.9. The molecule has 7 nitrogen and oxygen atoms in total. The fraction of sp³-hybridized carbons (Fsp3) is 0.962. The van der Waals surface area contributed by atoms with Crippen LogP contribution < -0.4 is 0 Å².